The molecule has 3 N–H and O–H groups in total. The number of carbonyl (C=O) groups excluding carboxylic acids is 1. The Morgan fingerprint density at radius 3 is 2.95 bits per heavy atom. The van der Waals surface area contributed by atoms with Gasteiger partial charge in [0.2, 0.25) is 0 Å². The van der Waals surface area contributed by atoms with Gasteiger partial charge in [-0.2, -0.15) is 0 Å². The summed E-state index contributed by atoms with van der Waals surface area (Å²) in [5.74, 6) is 0.898. The van der Waals surface area contributed by atoms with Crippen LogP contribution in [-0.4, -0.2) is 31.4 Å². The standard InChI is InChI=1S/C16H22N2O3/c1-21-14-4-2-3-11-12(14)5-6-13(11)18-15(20)17-9-16(10-19)7-8-16/h2-4,13,19H,5-10H2,1H3,(H2,17,18,20). The van der Waals surface area contributed by atoms with E-state index in [1.807, 2.05) is 18.2 Å². The molecule has 5 heteroatoms. The molecule has 2 aliphatic rings. The van der Waals surface area contributed by atoms with Crippen molar-refractivity contribution in [3.63, 3.8) is 0 Å². The van der Waals surface area contributed by atoms with E-state index in [4.69, 9.17) is 4.74 Å². The van der Waals surface area contributed by atoms with Gasteiger partial charge in [0.25, 0.3) is 0 Å². The van der Waals surface area contributed by atoms with E-state index in [2.05, 4.69) is 10.6 Å². The Morgan fingerprint density at radius 2 is 2.29 bits per heavy atom. The largest absolute Gasteiger partial charge is 0.496 e. The van der Waals surface area contributed by atoms with Crippen LogP contribution in [0.1, 0.15) is 36.4 Å². The number of rotatable bonds is 5. The quantitative estimate of drug-likeness (QED) is 0.774. The topological polar surface area (TPSA) is 70.6 Å². The SMILES string of the molecule is COc1cccc2c1CCC2NC(=O)NCC1(CO)CC1. The Balaban J connectivity index is 1.59. The first kappa shape index (κ1) is 14.2. The predicted octanol–water partition coefficient (Wildman–Crippen LogP) is 1.75. The molecule has 0 aliphatic heterocycles. The van der Waals surface area contributed by atoms with Gasteiger partial charge in [0.1, 0.15) is 5.75 Å². The number of methoxy groups -OCH3 is 1. The van der Waals surface area contributed by atoms with Gasteiger partial charge in [-0.3, -0.25) is 0 Å². The molecule has 2 amide bonds. The molecule has 0 heterocycles. The number of carbonyl (C=O) groups is 1. The molecule has 21 heavy (non-hydrogen) atoms. The van der Waals surface area contributed by atoms with Crippen LogP contribution in [-0.2, 0) is 6.42 Å². The zero-order valence-electron chi connectivity index (χ0n) is 12.3. The van der Waals surface area contributed by atoms with Gasteiger partial charge in [-0.1, -0.05) is 12.1 Å². The van der Waals surface area contributed by atoms with Gasteiger partial charge in [0.15, 0.2) is 0 Å². The van der Waals surface area contributed by atoms with Gasteiger partial charge < -0.3 is 20.5 Å². The molecule has 5 nitrogen and oxygen atoms in total. The Morgan fingerprint density at radius 1 is 1.48 bits per heavy atom. The average molecular weight is 290 g/mol. The highest BCUT2D eigenvalue weighted by Gasteiger charge is 2.42. The van der Waals surface area contributed by atoms with Crippen molar-refractivity contribution in [3.05, 3.63) is 29.3 Å². The molecule has 114 valence electrons. The van der Waals surface area contributed by atoms with Gasteiger partial charge in [-0.05, 0) is 42.9 Å². The molecule has 1 aromatic rings. The number of hydrogen-bond donors (Lipinski definition) is 3. The van der Waals surface area contributed by atoms with E-state index in [0.29, 0.717) is 6.54 Å². The third-order valence-electron chi connectivity index (χ3n) is 4.67. The van der Waals surface area contributed by atoms with Crippen LogP contribution in [0.3, 0.4) is 0 Å². The molecule has 1 aromatic carbocycles. The number of hydrogen-bond acceptors (Lipinski definition) is 3. The molecule has 0 spiro atoms. The van der Waals surface area contributed by atoms with Crippen LogP contribution < -0.4 is 15.4 Å². The second-order valence-electron chi connectivity index (χ2n) is 6.10. The number of urea groups is 1. The van der Waals surface area contributed by atoms with Crippen molar-refractivity contribution >= 4 is 6.03 Å². The van der Waals surface area contributed by atoms with E-state index in [1.165, 1.54) is 5.56 Å². The van der Waals surface area contributed by atoms with Crippen molar-refractivity contribution in [3.8, 4) is 5.75 Å². The minimum Gasteiger partial charge on any atom is -0.496 e. The maximum Gasteiger partial charge on any atom is 0.315 e. The predicted molar refractivity (Wildman–Crippen MR) is 79.3 cm³/mol. The second kappa shape index (κ2) is 5.56. The summed E-state index contributed by atoms with van der Waals surface area (Å²) in [6.45, 7) is 0.698. The lowest BCUT2D eigenvalue weighted by Gasteiger charge is -2.17. The highest BCUT2D eigenvalue weighted by molar-refractivity contribution is 5.75. The van der Waals surface area contributed by atoms with Gasteiger partial charge in [0.05, 0.1) is 19.8 Å². The van der Waals surface area contributed by atoms with Gasteiger partial charge in [0, 0.05) is 12.0 Å². The van der Waals surface area contributed by atoms with E-state index in [-0.39, 0.29) is 24.1 Å². The van der Waals surface area contributed by atoms with Gasteiger partial charge in [-0.25, -0.2) is 4.79 Å². The minimum atomic E-state index is -0.157. The molecule has 1 saturated carbocycles. The number of benzene rings is 1. The lowest BCUT2D eigenvalue weighted by molar-refractivity contribution is 0.202. The summed E-state index contributed by atoms with van der Waals surface area (Å²) in [4.78, 5) is 12.0. The van der Waals surface area contributed by atoms with Crippen LogP contribution in [0.4, 0.5) is 4.79 Å². The van der Waals surface area contributed by atoms with Gasteiger partial charge >= 0.3 is 6.03 Å². The van der Waals surface area contributed by atoms with Crippen molar-refractivity contribution in [2.45, 2.75) is 31.7 Å². The van der Waals surface area contributed by atoms with E-state index in [0.717, 1.165) is 37.0 Å². The number of aliphatic hydroxyl groups excluding tert-OH is 1. The van der Waals surface area contributed by atoms with E-state index in [9.17, 15) is 9.90 Å². The first-order valence-corrected chi connectivity index (χ1v) is 7.48. The maximum absolute atomic E-state index is 12.0. The summed E-state index contributed by atoms with van der Waals surface area (Å²) in [5, 5.41) is 15.2. The van der Waals surface area contributed by atoms with Crippen molar-refractivity contribution in [2.75, 3.05) is 20.3 Å². The molecule has 3 rings (SSSR count). The lowest BCUT2D eigenvalue weighted by atomic mass is 10.1. The zero-order chi connectivity index (χ0) is 14.9. The Labute approximate surface area is 124 Å². The second-order valence-corrected chi connectivity index (χ2v) is 6.10. The van der Waals surface area contributed by atoms with Crippen LogP contribution in [0.2, 0.25) is 0 Å². The third-order valence-corrected chi connectivity index (χ3v) is 4.67. The fraction of sp³-hybridized carbons (Fsp3) is 0.562. The molecule has 1 atom stereocenters. The van der Waals surface area contributed by atoms with Crippen LogP contribution in [0.25, 0.3) is 0 Å². The monoisotopic (exact) mass is 290 g/mol. The average Bonchev–Trinajstić information content (AvgIpc) is 3.20. The summed E-state index contributed by atoms with van der Waals surface area (Å²) in [6, 6.07) is 5.85. The molecular weight excluding hydrogens is 268 g/mol. The summed E-state index contributed by atoms with van der Waals surface area (Å²) < 4.78 is 5.37. The Bertz CT molecular complexity index is 540. The number of fused-ring (bicyclic) bond motifs is 1. The lowest BCUT2D eigenvalue weighted by Crippen LogP contribution is -2.40. The summed E-state index contributed by atoms with van der Waals surface area (Å²) in [6.07, 6.45) is 3.81. The molecule has 2 aliphatic carbocycles. The van der Waals surface area contributed by atoms with Crippen molar-refractivity contribution in [2.24, 2.45) is 5.41 Å². The fourth-order valence-corrected chi connectivity index (χ4v) is 3.01. The van der Waals surface area contributed by atoms with Crippen molar-refractivity contribution in [1.82, 2.24) is 10.6 Å². The number of aliphatic hydroxyl groups is 1. The molecule has 0 saturated heterocycles. The number of nitrogens with one attached hydrogen (secondary N) is 2. The fourth-order valence-electron chi connectivity index (χ4n) is 3.01. The normalized spacial score (nSPS) is 21.5. The van der Waals surface area contributed by atoms with Crippen LogP contribution in [0.15, 0.2) is 18.2 Å². The molecule has 0 radical (unpaired) electrons. The summed E-state index contributed by atoms with van der Waals surface area (Å²) >= 11 is 0. The first-order valence-electron chi connectivity index (χ1n) is 7.48. The van der Waals surface area contributed by atoms with E-state index >= 15 is 0 Å². The van der Waals surface area contributed by atoms with Crippen LogP contribution >= 0.6 is 0 Å². The smallest absolute Gasteiger partial charge is 0.315 e. The highest BCUT2D eigenvalue weighted by Crippen LogP contribution is 2.44. The van der Waals surface area contributed by atoms with Gasteiger partial charge in [-0.15, -0.1) is 0 Å². The molecule has 1 fully saturated rings. The molecular formula is C16H22N2O3. The van der Waals surface area contributed by atoms with E-state index in [1.54, 1.807) is 7.11 Å². The number of ether oxygens (including phenoxy) is 1. The van der Waals surface area contributed by atoms with Crippen molar-refractivity contribution in [1.29, 1.82) is 0 Å². The Hall–Kier alpha value is -1.75. The van der Waals surface area contributed by atoms with E-state index < -0.39 is 0 Å². The minimum absolute atomic E-state index is 0.0411. The molecule has 0 aromatic heterocycles. The van der Waals surface area contributed by atoms with Crippen molar-refractivity contribution < 1.29 is 14.6 Å². The first-order chi connectivity index (χ1) is 10.2. The van der Waals surface area contributed by atoms with Crippen LogP contribution in [0, 0.1) is 5.41 Å². The molecule has 0 bridgehead atoms. The summed E-state index contributed by atoms with van der Waals surface area (Å²) in [7, 11) is 1.67. The number of amides is 2. The zero-order valence-corrected chi connectivity index (χ0v) is 12.3. The van der Waals surface area contributed by atoms with Crippen LogP contribution in [0.5, 0.6) is 5.75 Å². The maximum atomic E-state index is 12.0. The third kappa shape index (κ3) is 2.83. The Kier molecular flexibility index (Phi) is 3.76. The highest BCUT2D eigenvalue weighted by atomic mass is 16.5. The summed E-state index contributed by atoms with van der Waals surface area (Å²) in [5.41, 5.74) is 2.28. The molecule has 1 unspecified atom stereocenters.